The zero-order valence-electron chi connectivity index (χ0n) is 14.7. The van der Waals surface area contributed by atoms with Crippen molar-refractivity contribution in [1.29, 1.82) is 0 Å². The minimum Gasteiger partial charge on any atom is -0.467 e. The largest absolute Gasteiger partial charge is 0.467 e. The smallest absolute Gasteiger partial charge is 0.416 e. The Morgan fingerprint density at radius 2 is 1.89 bits per heavy atom. The van der Waals surface area contributed by atoms with Crippen LogP contribution in [-0.4, -0.2) is 10.0 Å². The van der Waals surface area contributed by atoms with Crippen LogP contribution in [0.1, 0.15) is 22.8 Å². The average Bonchev–Trinajstić information content (AvgIpc) is 3.27. The number of thiocarbonyl (C=S) groups is 1. The number of aryl methyl sites for hydroxylation is 1. The molecule has 0 radical (unpaired) electrons. The van der Waals surface area contributed by atoms with Crippen molar-refractivity contribution in [3.63, 3.8) is 0 Å². The first-order chi connectivity index (χ1) is 13.2. The van der Waals surface area contributed by atoms with Crippen molar-refractivity contribution in [2.24, 2.45) is 0 Å². The number of rotatable bonds is 5. The quantitative estimate of drug-likeness (QED) is 0.486. The first-order valence-corrected chi connectivity index (χ1v) is 9.01. The number of hydrogen-bond donors (Lipinski definition) is 1. The number of alkyl halides is 3. The Balaban J connectivity index is 1.78. The fourth-order valence-corrected chi connectivity index (χ4v) is 3.00. The molecule has 2 aromatic heterocycles. The Labute approximate surface area is 169 Å². The van der Waals surface area contributed by atoms with Crippen molar-refractivity contribution in [2.75, 3.05) is 5.32 Å². The summed E-state index contributed by atoms with van der Waals surface area (Å²) in [6.07, 6.45) is -2.92. The number of benzene rings is 1. The van der Waals surface area contributed by atoms with E-state index >= 15 is 0 Å². The Bertz CT molecular complexity index is 954. The third kappa shape index (κ3) is 5.08. The van der Waals surface area contributed by atoms with Crippen LogP contribution >= 0.6 is 23.8 Å². The van der Waals surface area contributed by atoms with Gasteiger partial charge in [-0.3, -0.25) is 0 Å². The van der Waals surface area contributed by atoms with Gasteiger partial charge in [-0.1, -0.05) is 11.6 Å². The van der Waals surface area contributed by atoms with E-state index in [1.807, 2.05) is 19.1 Å². The standard InChI is InChI=1S/C19H16ClF3N2O2S/c1-12-4-6-15(27-12)11-25(10-14-3-2-8-26-14)18(28)24-17-7-5-13(9-16(17)20)19(21,22)23/h2-9H,10-11H2,1H3,(H,24,28). The van der Waals surface area contributed by atoms with Crippen molar-refractivity contribution < 1.29 is 22.0 Å². The fourth-order valence-electron chi connectivity index (χ4n) is 2.54. The van der Waals surface area contributed by atoms with Gasteiger partial charge in [0.2, 0.25) is 0 Å². The number of nitrogens with zero attached hydrogens (tertiary/aromatic N) is 1. The summed E-state index contributed by atoms with van der Waals surface area (Å²) < 4.78 is 49.4. The highest BCUT2D eigenvalue weighted by molar-refractivity contribution is 7.80. The Morgan fingerprint density at radius 1 is 1.14 bits per heavy atom. The number of halogens is 4. The van der Waals surface area contributed by atoms with Crippen molar-refractivity contribution in [3.8, 4) is 0 Å². The van der Waals surface area contributed by atoms with Crippen molar-refractivity contribution >= 4 is 34.6 Å². The number of nitrogens with one attached hydrogen (secondary N) is 1. The van der Waals surface area contributed by atoms with Gasteiger partial charge in [0.1, 0.15) is 17.3 Å². The van der Waals surface area contributed by atoms with E-state index in [0.717, 1.165) is 17.9 Å². The molecule has 0 aliphatic heterocycles. The zero-order valence-corrected chi connectivity index (χ0v) is 16.3. The molecule has 1 N–H and O–H groups in total. The first-order valence-electron chi connectivity index (χ1n) is 8.23. The van der Waals surface area contributed by atoms with E-state index in [4.69, 9.17) is 32.7 Å². The lowest BCUT2D eigenvalue weighted by molar-refractivity contribution is -0.137. The third-order valence-corrected chi connectivity index (χ3v) is 4.57. The second-order valence-electron chi connectivity index (χ2n) is 6.07. The predicted octanol–water partition coefficient (Wildman–Crippen LogP) is 6.25. The molecule has 0 aliphatic rings. The molecule has 0 amide bonds. The fraction of sp³-hybridized carbons (Fsp3) is 0.211. The van der Waals surface area contributed by atoms with E-state index in [1.165, 1.54) is 6.07 Å². The summed E-state index contributed by atoms with van der Waals surface area (Å²) in [6, 6.07) is 10.3. The van der Waals surface area contributed by atoms with Gasteiger partial charge in [0, 0.05) is 0 Å². The molecule has 0 atom stereocenters. The van der Waals surface area contributed by atoms with E-state index < -0.39 is 11.7 Å². The van der Waals surface area contributed by atoms with Gasteiger partial charge < -0.3 is 19.1 Å². The molecular formula is C19H16ClF3N2O2S. The van der Waals surface area contributed by atoms with Crippen LogP contribution in [0, 0.1) is 6.92 Å². The van der Waals surface area contributed by atoms with E-state index in [1.54, 1.807) is 23.3 Å². The van der Waals surface area contributed by atoms with Gasteiger partial charge in [-0.25, -0.2) is 0 Å². The van der Waals surface area contributed by atoms with Gasteiger partial charge in [-0.05, 0) is 61.6 Å². The molecule has 148 valence electrons. The van der Waals surface area contributed by atoms with E-state index in [9.17, 15) is 13.2 Å². The van der Waals surface area contributed by atoms with Crippen LogP contribution in [0.25, 0.3) is 0 Å². The van der Waals surface area contributed by atoms with Crippen LogP contribution in [-0.2, 0) is 19.3 Å². The summed E-state index contributed by atoms with van der Waals surface area (Å²) in [4.78, 5) is 1.76. The summed E-state index contributed by atoms with van der Waals surface area (Å²) in [5.41, 5.74) is -0.549. The van der Waals surface area contributed by atoms with Crippen LogP contribution in [0.15, 0.2) is 57.6 Å². The van der Waals surface area contributed by atoms with E-state index in [0.29, 0.717) is 24.6 Å². The summed E-state index contributed by atoms with van der Waals surface area (Å²) in [5.74, 6) is 2.12. The van der Waals surface area contributed by atoms with Gasteiger partial charge in [0.15, 0.2) is 5.11 Å². The number of anilines is 1. The number of furan rings is 2. The second kappa shape index (κ2) is 8.28. The van der Waals surface area contributed by atoms with Crippen molar-refractivity contribution in [3.05, 3.63) is 76.6 Å². The van der Waals surface area contributed by atoms with Crippen molar-refractivity contribution in [2.45, 2.75) is 26.2 Å². The van der Waals surface area contributed by atoms with E-state index in [2.05, 4.69) is 5.32 Å². The molecule has 0 fully saturated rings. The monoisotopic (exact) mass is 428 g/mol. The highest BCUT2D eigenvalue weighted by atomic mass is 35.5. The van der Waals surface area contributed by atoms with Crippen LogP contribution in [0.3, 0.4) is 0 Å². The third-order valence-electron chi connectivity index (χ3n) is 3.89. The van der Waals surface area contributed by atoms with Gasteiger partial charge >= 0.3 is 6.18 Å². The van der Waals surface area contributed by atoms with Gasteiger partial charge in [0.25, 0.3) is 0 Å². The maximum Gasteiger partial charge on any atom is 0.416 e. The molecule has 0 saturated heterocycles. The van der Waals surface area contributed by atoms with Crippen LogP contribution in [0.5, 0.6) is 0 Å². The summed E-state index contributed by atoms with van der Waals surface area (Å²) in [6.45, 7) is 2.52. The molecule has 4 nitrogen and oxygen atoms in total. The summed E-state index contributed by atoms with van der Waals surface area (Å²) in [5, 5.41) is 3.09. The molecule has 0 saturated carbocycles. The molecule has 1 aromatic carbocycles. The van der Waals surface area contributed by atoms with Gasteiger partial charge in [-0.15, -0.1) is 0 Å². The highest BCUT2D eigenvalue weighted by Crippen LogP contribution is 2.34. The molecule has 3 rings (SSSR count). The maximum absolute atomic E-state index is 12.8. The minimum absolute atomic E-state index is 0.0797. The molecule has 9 heteroatoms. The summed E-state index contributed by atoms with van der Waals surface area (Å²) >= 11 is 11.5. The van der Waals surface area contributed by atoms with Gasteiger partial charge in [0.05, 0.1) is 35.6 Å². The lowest BCUT2D eigenvalue weighted by Gasteiger charge is -2.24. The first kappa shape index (κ1) is 20.3. The lowest BCUT2D eigenvalue weighted by Crippen LogP contribution is -2.33. The molecule has 2 heterocycles. The normalized spacial score (nSPS) is 11.5. The number of hydrogen-bond acceptors (Lipinski definition) is 3. The maximum atomic E-state index is 12.8. The van der Waals surface area contributed by atoms with Crippen LogP contribution in [0.4, 0.5) is 18.9 Å². The Morgan fingerprint density at radius 3 is 2.46 bits per heavy atom. The molecular weight excluding hydrogens is 413 g/mol. The van der Waals surface area contributed by atoms with Gasteiger partial charge in [-0.2, -0.15) is 13.2 Å². The highest BCUT2D eigenvalue weighted by Gasteiger charge is 2.31. The second-order valence-corrected chi connectivity index (χ2v) is 6.86. The van der Waals surface area contributed by atoms with Crippen molar-refractivity contribution in [1.82, 2.24) is 4.90 Å². The van der Waals surface area contributed by atoms with Crippen LogP contribution in [0.2, 0.25) is 5.02 Å². The van der Waals surface area contributed by atoms with E-state index in [-0.39, 0.29) is 15.8 Å². The summed E-state index contributed by atoms with van der Waals surface area (Å²) in [7, 11) is 0. The molecule has 0 bridgehead atoms. The molecule has 0 unspecified atom stereocenters. The Kier molecular flexibility index (Phi) is 6.00. The van der Waals surface area contributed by atoms with Crippen LogP contribution < -0.4 is 5.32 Å². The minimum atomic E-state index is -4.47. The average molecular weight is 429 g/mol. The zero-order chi connectivity index (χ0) is 20.3. The lowest BCUT2D eigenvalue weighted by atomic mass is 10.2. The molecule has 0 aliphatic carbocycles. The predicted molar refractivity (Wildman–Crippen MR) is 104 cm³/mol. The topological polar surface area (TPSA) is 41.6 Å². The molecule has 28 heavy (non-hydrogen) atoms. The SMILES string of the molecule is Cc1ccc(CN(Cc2ccco2)C(=S)Nc2ccc(C(F)(F)F)cc2Cl)o1. The molecule has 0 spiro atoms. The molecule has 3 aromatic rings. The Hall–Kier alpha value is -2.45.